The molecule has 0 atom stereocenters. The third-order valence-corrected chi connectivity index (χ3v) is 3.74. The average molecular weight is 311 g/mol. The largest absolute Gasteiger partial charge is 0.493 e. The molecule has 2 rings (SSSR count). The molecule has 21 heavy (non-hydrogen) atoms. The number of ether oxygens (including phenoxy) is 2. The summed E-state index contributed by atoms with van der Waals surface area (Å²) in [5.41, 5.74) is 1.54. The van der Waals surface area contributed by atoms with Gasteiger partial charge >= 0.3 is 5.97 Å². The van der Waals surface area contributed by atoms with Crippen LogP contribution in [0.3, 0.4) is 0 Å². The number of aliphatic carboxylic acids is 1. The Labute approximate surface area is 126 Å². The normalized spacial score (nSPS) is 10.7. The summed E-state index contributed by atoms with van der Waals surface area (Å²) < 4.78 is 12.4. The molecule has 0 unspecified atom stereocenters. The summed E-state index contributed by atoms with van der Waals surface area (Å²) in [6.07, 6.45) is 0. The van der Waals surface area contributed by atoms with Crippen LogP contribution in [0.15, 0.2) is 17.3 Å². The topological polar surface area (TPSA) is 76.8 Å². The molecule has 0 saturated carbocycles. The van der Waals surface area contributed by atoms with Gasteiger partial charge in [0.2, 0.25) is 0 Å². The van der Waals surface area contributed by atoms with Crippen LogP contribution < -0.4 is 14.5 Å². The van der Waals surface area contributed by atoms with E-state index in [0.29, 0.717) is 22.2 Å². The summed E-state index contributed by atoms with van der Waals surface area (Å²) in [4.78, 5) is 15.2. The van der Waals surface area contributed by atoms with Crippen LogP contribution in [0, 0.1) is 0 Å². The zero-order valence-electron chi connectivity index (χ0n) is 12.3. The van der Waals surface area contributed by atoms with E-state index in [9.17, 15) is 4.79 Å². The maximum absolute atomic E-state index is 10.8. The summed E-state index contributed by atoms with van der Waals surface area (Å²) in [6, 6.07) is 3.60. The van der Waals surface area contributed by atoms with Crippen LogP contribution in [0.2, 0.25) is 0 Å². The molecule has 0 radical (unpaired) electrons. The summed E-state index contributed by atoms with van der Waals surface area (Å²) >= 11 is 1.17. The lowest BCUT2D eigenvalue weighted by Crippen LogP contribution is -2.25. The number of methoxy groups -OCH3 is 2. The van der Waals surface area contributed by atoms with E-state index in [2.05, 4.69) is 4.98 Å². The molecule has 0 aliphatic carbocycles. The SMILES string of the molecule is COc1cc2nc(SCC(=O)O)n(N(C)C)c2cc1OC. The number of aromatic nitrogens is 2. The van der Waals surface area contributed by atoms with E-state index >= 15 is 0 Å². The predicted octanol–water partition coefficient (Wildman–Crippen LogP) is 1.43. The third kappa shape index (κ3) is 2.99. The second kappa shape index (κ2) is 6.13. The van der Waals surface area contributed by atoms with E-state index < -0.39 is 5.97 Å². The molecule has 1 aromatic heterocycles. The molecular formula is C13H17N3O4S. The Hall–Kier alpha value is -2.09. The first kappa shape index (κ1) is 15.3. The minimum Gasteiger partial charge on any atom is -0.493 e. The van der Waals surface area contributed by atoms with E-state index in [1.165, 1.54) is 11.8 Å². The van der Waals surface area contributed by atoms with Crippen LogP contribution in [-0.4, -0.2) is 54.8 Å². The predicted molar refractivity (Wildman–Crippen MR) is 81.3 cm³/mol. The number of rotatable bonds is 6. The van der Waals surface area contributed by atoms with Gasteiger partial charge in [0.15, 0.2) is 16.7 Å². The number of fused-ring (bicyclic) bond motifs is 1. The summed E-state index contributed by atoms with van der Waals surface area (Å²) in [5, 5.41) is 11.3. The number of hydrogen-bond acceptors (Lipinski definition) is 6. The molecule has 1 heterocycles. The Morgan fingerprint density at radius 3 is 2.48 bits per heavy atom. The molecule has 114 valence electrons. The van der Waals surface area contributed by atoms with Gasteiger partial charge in [-0.3, -0.25) is 4.79 Å². The Morgan fingerprint density at radius 2 is 1.95 bits per heavy atom. The number of imidazole rings is 1. The zero-order chi connectivity index (χ0) is 15.6. The van der Waals surface area contributed by atoms with E-state index in [1.807, 2.05) is 29.8 Å². The molecule has 7 nitrogen and oxygen atoms in total. The van der Waals surface area contributed by atoms with Gasteiger partial charge in [-0.15, -0.1) is 0 Å². The second-order valence-corrected chi connectivity index (χ2v) is 5.37. The Kier molecular flexibility index (Phi) is 4.46. The lowest BCUT2D eigenvalue weighted by molar-refractivity contribution is -0.133. The van der Waals surface area contributed by atoms with Crippen molar-refractivity contribution in [3.63, 3.8) is 0 Å². The lowest BCUT2D eigenvalue weighted by Gasteiger charge is -2.18. The van der Waals surface area contributed by atoms with E-state index in [4.69, 9.17) is 14.6 Å². The van der Waals surface area contributed by atoms with Gasteiger partial charge in [0.05, 0.1) is 31.0 Å². The van der Waals surface area contributed by atoms with Gasteiger partial charge in [-0.1, -0.05) is 11.8 Å². The van der Waals surface area contributed by atoms with Crippen molar-refractivity contribution >= 4 is 28.8 Å². The van der Waals surface area contributed by atoms with Crippen molar-refractivity contribution in [1.82, 2.24) is 9.66 Å². The standard InChI is InChI=1S/C13H17N3O4S/c1-15(2)16-9-6-11(20-4)10(19-3)5-8(9)14-13(16)21-7-12(17)18/h5-6H,7H2,1-4H3,(H,17,18). The van der Waals surface area contributed by atoms with Crippen molar-refractivity contribution < 1.29 is 19.4 Å². The van der Waals surface area contributed by atoms with Crippen LogP contribution in [0.4, 0.5) is 0 Å². The summed E-state index contributed by atoms with van der Waals surface area (Å²) in [7, 11) is 6.86. The molecule has 8 heteroatoms. The minimum atomic E-state index is -0.882. The maximum atomic E-state index is 10.8. The Morgan fingerprint density at radius 1 is 1.33 bits per heavy atom. The van der Waals surface area contributed by atoms with E-state index in [1.54, 1.807) is 20.3 Å². The Balaban J connectivity index is 2.59. The van der Waals surface area contributed by atoms with Gasteiger partial charge in [0, 0.05) is 26.2 Å². The number of hydrogen-bond donors (Lipinski definition) is 1. The number of nitrogens with zero attached hydrogens (tertiary/aromatic N) is 3. The number of thioether (sulfide) groups is 1. The fraction of sp³-hybridized carbons (Fsp3) is 0.385. The summed E-state index contributed by atoms with van der Waals surface area (Å²) in [6.45, 7) is 0. The van der Waals surface area contributed by atoms with Gasteiger partial charge < -0.3 is 19.6 Å². The lowest BCUT2D eigenvalue weighted by atomic mass is 10.2. The van der Waals surface area contributed by atoms with Crippen LogP contribution in [-0.2, 0) is 4.79 Å². The van der Waals surface area contributed by atoms with Gasteiger partial charge in [0.1, 0.15) is 0 Å². The smallest absolute Gasteiger partial charge is 0.313 e. The molecule has 2 aromatic rings. The first-order valence-electron chi connectivity index (χ1n) is 6.14. The minimum absolute atomic E-state index is 0.0502. The number of carboxylic acids is 1. The Bertz CT molecular complexity index is 669. The molecule has 0 saturated heterocycles. The van der Waals surface area contributed by atoms with E-state index in [-0.39, 0.29) is 5.75 Å². The van der Waals surface area contributed by atoms with Gasteiger partial charge in [-0.25, -0.2) is 9.66 Å². The van der Waals surface area contributed by atoms with Crippen molar-refractivity contribution in [2.45, 2.75) is 5.16 Å². The zero-order valence-corrected chi connectivity index (χ0v) is 13.1. The third-order valence-electron chi connectivity index (χ3n) is 2.83. The molecule has 0 aliphatic heterocycles. The molecule has 0 spiro atoms. The van der Waals surface area contributed by atoms with Crippen molar-refractivity contribution in [2.75, 3.05) is 39.1 Å². The van der Waals surface area contributed by atoms with Crippen molar-refractivity contribution in [2.24, 2.45) is 0 Å². The summed E-state index contributed by atoms with van der Waals surface area (Å²) in [5.74, 6) is 0.254. The van der Waals surface area contributed by atoms with Crippen molar-refractivity contribution in [3.05, 3.63) is 12.1 Å². The molecule has 0 aliphatic rings. The van der Waals surface area contributed by atoms with Crippen molar-refractivity contribution in [3.8, 4) is 11.5 Å². The highest BCUT2D eigenvalue weighted by Crippen LogP contribution is 2.34. The van der Waals surface area contributed by atoms with Crippen LogP contribution >= 0.6 is 11.8 Å². The van der Waals surface area contributed by atoms with Crippen LogP contribution in [0.1, 0.15) is 0 Å². The number of benzene rings is 1. The van der Waals surface area contributed by atoms with Crippen molar-refractivity contribution in [1.29, 1.82) is 0 Å². The first-order chi connectivity index (χ1) is 9.97. The highest BCUT2D eigenvalue weighted by Gasteiger charge is 2.17. The fourth-order valence-electron chi connectivity index (χ4n) is 1.98. The molecule has 0 amide bonds. The quantitative estimate of drug-likeness (QED) is 0.809. The maximum Gasteiger partial charge on any atom is 0.313 e. The molecule has 0 fully saturated rings. The molecule has 1 N–H and O–H groups in total. The first-order valence-corrected chi connectivity index (χ1v) is 7.13. The highest BCUT2D eigenvalue weighted by atomic mass is 32.2. The van der Waals surface area contributed by atoms with Crippen LogP contribution in [0.25, 0.3) is 11.0 Å². The molecule has 0 bridgehead atoms. The fourth-order valence-corrected chi connectivity index (χ4v) is 2.78. The molecule has 1 aromatic carbocycles. The number of carbonyl (C=O) groups is 1. The van der Waals surface area contributed by atoms with Crippen LogP contribution in [0.5, 0.6) is 11.5 Å². The number of carboxylic acid groups (broad SMARTS) is 1. The van der Waals surface area contributed by atoms with Gasteiger partial charge in [0.25, 0.3) is 0 Å². The monoisotopic (exact) mass is 311 g/mol. The highest BCUT2D eigenvalue weighted by molar-refractivity contribution is 7.99. The average Bonchev–Trinajstić information content (AvgIpc) is 2.80. The second-order valence-electron chi connectivity index (χ2n) is 4.43. The van der Waals surface area contributed by atoms with Gasteiger partial charge in [-0.2, -0.15) is 0 Å². The van der Waals surface area contributed by atoms with E-state index in [0.717, 1.165) is 5.52 Å². The molecular weight excluding hydrogens is 294 g/mol. The van der Waals surface area contributed by atoms with Gasteiger partial charge in [-0.05, 0) is 0 Å².